The van der Waals surface area contributed by atoms with Crippen LogP contribution in [0.4, 0.5) is 4.79 Å². The number of aliphatic carboxylic acids is 1. The quantitative estimate of drug-likeness (QED) is 0.566. The Bertz CT molecular complexity index is 1030. The average Bonchev–Trinajstić information content (AvgIpc) is 3.14. The molecule has 0 aromatic heterocycles. The topological polar surface area (TPSA) is 105 Å². The fraction of sp³-hybridized carbons (Fsp3) is 0.444. The van der Waals surface area contributed by atoms with Crippen LogP contribution in [0, 0.1) is 11.8 Å². The second-order valence-electron chi connectivity index (χ2n) is 9.77. The van der Waals surface area contributed by atoms with Crippen LogP contribution in [-0.4, -0.2) is 41.8 Å². The van der Waals surface area contributed by atoms with E-state index in [1.54, 1.807) is 13.8 Å². The first-order chi connectivity index (χ1) is 16.3. The number of hydrogen-bond donors (Lipinski definition) is 3. The largest absolute Gasteiger partial charge is 0.481 e. The zero-order valence-electron chi connectivity index (χ0n) is 19.7. The summed E-state index contributed by atoms with van der Waals surface area (Å²) in [5.74, 6) is -1.77. The Labute approximate surface area is 199 Å². The molecule has 2 aliphatic rings. The summed E-state index contributed by atoms with van der Waals surface area (Å²) >= 11 is 0. The minimum Gasteiger partial charge on any atom is -0.481 e. The number of alkyl carbamates (subject to hydrolysis) is 1. The maximum Gasteiger partial charge on any atom is 0.408 e. The minimum atomic E-state index is -1.20. The lowest BCUT2D eigenvalue weighted by molar-refractivity contribution is -0.145. The lowest BCUT2D eigenvalue weighted by atomic mass is 9.79. The fourth-order valence-corrected chi connectivity index (χ4v) is 5.17. The van der Waals surface area contributed by atoms with Crippen molar-refractivity contribution in [3.63, 3.8) is 0 Å². The number of carbonyl (C=O) groups is 3. The van der Waals surface area contributed by atoms with Gasteiger partial charge in [-0.25, -0.2) is 4.79 Å². The summed E-state index contributed by atoms with van der Waals surface area (Å²) in [7, 11) is 0. The van der Waals surface area contributed by atoms with Gasteiger partial charge in [0.15, 0.2) is 0 Å². The van der Waals surface area contributed by atoms with Gasteiger partial charge in [-0.05, 0) is 54.9 Å². The standard InChI is InChI=1S/C27H32N2O5/c1-27(2,25(32)28-15-17-9-3-4-10-18(17)24(30)31)29-26(33)34-16-23-21-13-7-5-11-19(21)20-12-6-8-14-22(20)23/h5-8,11-14,17-18,23H,3-4,9-10,15-16H2,1-2H3,(H,28,32)(H,29,33)(H,30,31)/t17-,18-/m1/s1. The molecule has 2 amide bonds. The lowest BCUT2D eigenvalue weighted by Crippen LogP contribution is -2.56. The van der Waals surface area contributed by atoms with Gasteiger partial charge in [0.25, 0.3) is 0 Å². The van der Waals surface area contributed by atoms with E-state index in [4.69, 9.17) is 4.74 Å². The molecular weight excluding hydrogens is 432 g/mol. The summed E-state index contributed by atoms with van der Waals surface area (Å²) in [5.41, 5.74) is 3.34. The maximum absolute atomic E-state index is 12.8. The molecular formula is C27H32N2O5. The Hall–Kier alpha value is -3.35. The first-order valence-electron chi connectivity index (χ1n) is 11.9. The molecule has 0 saturated heterocycles. The van der Waals surface area contributed by atoms with Gasteiger partial charge in [-0.3, -0.25) is 9.59 Å². The highest BCUT2D eigenvalue weighted by Crippen LogP contribution is 2.44. The van der Waals surface area contributed by atoms with Crippen molar-refractivity contribution in [2.24, 2.45) is 11.8 Å². The number of carboxylic acid groups (broad SMARTS) is 1. The summed E-state index contributed by atoms with van der Waals surface area (Å²) in [6.45, 7) is 3.67. The van der Waals surface area contributed by atoms with Gasteiger partial charge in [0.05, 0.1) is 5.92 Å². The molecule has 3 N–H and O–H groups in total. The lowest BCUT2D eigenvalue weighted by Gasteiger charge is -2.30. The number of hydrogen-bond acceptors (Lipinski definition) is 4. The summed E-state index contributed by atoms with van der Waals surface area (Å²) in [6.07, 6.45) is 2.61. The summed E-state index contributed by atoms with van der Waals surface area (Å²) < 4.78 is 5.56. The zero-order chi connectivity index (χ0) is 24.3. The molecule has 1 saturated carbocycles. The van der Waals surface area contributed by atoms with Crippen molar-refractivity contribution in [1.29, 1.82) is 0 Å². The predicted octanol–water partition coefficient (Wildman–Crippen LogP) is 4.31. The number of rotatable bonds is 7. The summed E-state index contributed by atoms with van der Waals surface area (Å²) in [6, 6.07) is 16.2. The fourth-order valence-electron chi connectivity index (χ4n) is 5.17. The first kappa shape index (κ1) is 23.8. The van der Waals surface area contributed by atoms with E-state index in [9.17, 15) is 19.5 Å². The van der Waals surface area contributed by atoms with E-state index < -0.39 is 23.5 Å². The molecule has 2 aliphatic carbocycles. The van der Waals surface area contributed by atoms with Gasteiger partial charge in [-0.1, -0.05) is 61.4 Å². The Kier molecular flexibility index (Phi) is 6.91. The number of nitrogens with one attached hydrogen (secondary N) is 2. The number of carboxylic acids is 1. The van der Waals surface area contributed by atoms with Crippen molar-refractivity contribution < 1.29 is 24.2 Å². The van der Waals surface area contributed by atoms with Gasteiger partial charge in [0, 0.05) is 12.5 Å². The van der Waals surface area contributed by atoms with Crippen molar-refractivity contribution in [2.75, 3.05) is 13.2 Å². The SMILES string of the molecule is CC(C)(NC(=O)OCC1c2ccccc2-c2ccccc21)C(=O)NC[C@H]1CCCC[C@H]1C(=O)O. The number of benzene rings is 2. The Morgan fingerprint density at radius 1 is 0.971 bits per heavy atom. The van der Waals surface area contributed by atoms with Crippen LogP contribution in [0.25, 0.3) is 11.1 Å². The number of amides is 2. The molecule has 7 heteroatoms. The normalized spacial score (nSPS) is 19.6. The van der Waals surface area contributed by atoms with Crippen molar-refractivity contribution >= 4 is 18.0 Å². The molecule has 0 bridgehead atoms. The van der Waals surface area contributed by atoms with Gasteiger partial charge in [0.2, 0.25) is 5.91 Å². The first-order valence-corrected chi connectivity index (χ1v) is 11.9. The molecule has 0 unspecified atom stereocenters. The van der Waals surface area contributed by atoms with E-state index in [0.29, 0.717) is 6.42 Å². The Morgan fingerprint density at radius 3 is 2.18 bits per heavy atom. The second-order valence-corrected chi connectivity index (χ2v) is 9.77. The van der Waals surface area contributed by atoms with Crippen molar-refractivity contribution in [2.45, 2.75) is 51.0 Å². The van der Waals surface area contributed by atoms with E-state index in [0.717, 1.165) is 41.5 Å². The minimum absolute atomic E-state index is 0.0608. The average molecular weight is 465 g/mol. The molecule has 2 aromatic carbocycles. The molecule has 7 nitrogen and oxygen atoms in total. The second kappa shape index (κ2) is 9.87. The van der Waals surface area contributed by atoms with Gasteiger partial charge >= 0.3 is 12.1 Å². The van der Waals surface area contributed by atoms with Crippen LogP contribution in [0.2, 0.25) is 0 Å². The van der Waals surface area contributed by atoms with E-state index in [1.165, 1.54) is 0 Å². The number of ether oxygens (including phenoxy) is 1. The van der Waals surface area contributed by atoms with E-state index >= 15 is 0 Å². The van der Waals surface area contributed by atoms with Gasteiger partial charge in [-0.15, -0.1) is 0 Å². The van der Waals surface area contributed by atoms with Crippen LogP contribution in [-0.2, 0) is 14.3 Å². The highest BCUT2D eigenvalue weighted by Gasteiger charge is 2.35. The van der Waals surface area contributed by atoms with Gasteiger partial charge in [0.1, 0.15) is 12.1 Å². The van der Waals surface area contributed by atoms with Crippen LogP contribution in [0.5, 0.6) is 0 Å². The van der Waals surface area contributed by atoms with Crippen molar-refractivity contribution in [3.05, 3.63) is 59.7 Å². The van der Waals surface area contributed by atoms with Gasteiger partial charge in [-0.2, -0.15) is 0 Å². The third-order valence-electron chi connectivity index (χ3n) is 7.08. The maximum atomic E-state index is 12.8. The summed E-state index contributed by atoms with van der Waals surface area (Å²) in [5, 5.41) is 14.9. The van der Waals surface area contributed by atoms with E-state index in [2.05, 4.69) is 22.8 Å². The monoisotopic (exact) mass is 464 g/mol. The van der Waals surface area contributed by atoms with Crippen LogP contribution < -0.4 is 10.6 Å². The third-order valence-corrected chi connectivity index (χ3v) is 7.08. The molecule has 1 fully saturated rings. The van der Waals surface area contributed by atoms with Gasteiger partial charge < -0.3 is 20.5 Å². The molecule has 4 rings (SSSR count). The van der Waals surface area contributed by atoms with Crippen LogP contribution in [0.1, 0.15) is 56.6 Å². The molecule has 2 aromatic rings. The highest BCUT2D eigenvalue weighted by atomic mass is 16.5. The predicted molar refractivity (Wildman–Crippen MR) is 128 cm³/mol. The smallest absolute Gasteiger partial charge is 0.408 e. The van der Waals surface area contributed by atoms with E-state index in [-0.39, 0.29) is 30.9 Å². The van der Waals surface area contributed by atoms with Crippen LogP contribution in [0.15, 0.2) is 48.5 Å². The van der Waals surface area contributed by atoms with Crippen molar-refractivity contribution in [3.8, 4) is 11.1 Å². The Morgan fingerprint density at radius 2 is 1.56 bits per heavy atom. The number of fused-ring (bicyclic) bond motifs is 3. The molecule has 0 aliphatic heterocycles. The van der Waals surface area contributed by atoms with E-state index in [1.807, 2.05) is 36.4 Å². The Balaban J connectivity index is 1.33. The van der Waals surface area contributed by atoms with Crippen LogP contribution in [0.3, 0.4) is 0 Å². The molecule has 180 valence electrons. The highest BCUT2D eigenvalue weighted by molar-refractivity contribution is 5.89. The van der Waals surface area contributed by atoms with Crippen molar-refractivity contribution in [1.82, 2.24) is 10.6 Å². The third kappa shape index (κ3) is 4.93. The van der Waals surface area contributed by atoms with Crippen LogP contribution >= 0.6 is 0 Å². The molecule has 34 heavy (non-hydrogen) atoms. The molecule has 2 atom stereocenters. The number of carbonyl (C=O) groups excluding carboxylic acids is 2. The zero-order valence-corrected chi connectivity index (χ0v) is 19.7. The molecule has 0 radical (unpaired) electrons. The summed E-state index contributed by atoms with van der Waals surface area (Å²) in [4.78, 5) is 36.9. The molecule has 0 spiro atoms. The molecule has 0 heterocycles.